The molecule has 0 spiro atoms. The summed E-state index contributed by atoms with van der Waals surface area (Å²) in [5, 5.41) is 2.45. The van der Waals surface area contributed by atoms with Crippen molar-refractivity contribution >= 4 is 21.9 Å². The van der Waals surface area contributed by atoms with Crippen molar-refractivity contribution in [2.45, 2.75) is 17.9 Å². The molecule has 0 aliphatic rings. The minimum absolute atomic E-state index is 0.0880. The van der Waals surface area contributed by atoms with Gasteiger partial charge < -0.3 is 10.1 Å². The maximum atomic E-state index is 11.9. The van der Waals surface area contributed by atoms with Crippen molar-refractivity contribution in [3.63, 3.8) is 0 Å². The standard InChI is InChI=1S/C13H18N2O5S/c1-9(13(17)20-4)14-12(16)10-5-7-11(8-6-10)21(18,19)15(2)3/h5-9H,1-4H3,(H,14,16). The van der Waals surface area contributed by atoms with Crippen LogP contribution in [-0.2, 0) is 19.6 Å². The number of hydrogen-bond donors (Lipinski definition) is 1. The molecule has 0 aromatic heterocycles. The molecule has 1 aromatic rings. The highest BCUT2D eigenvalue weighted by atomic mass is 32.2. The van der Waals surface area contributed by atoms with Crippen LogP contribution in [0.2, 0.25) is 0 Å². The predicted octanol–water partition coefficient (Wildman–Crippen LogP) is 0.228. The predicted molar refractivity (Wildman–Crippen MR) is 76.3 cm³/mol. The Bertz CT molecular complexity index is 622. The van der Waals surface area contributed by atoms with Gasteiger partial charge in [0.1, 0.15) is 6.04 Å². The number of nitrogens with zero attached hydrogens (tertiary/aromatic N) is 1. The average molecular weight is 314 g/mol. The van der Waals surface area contributed by atoms with Crippen LogP contribution in [0.4, 0.5) is 0 Å². The highest BCUT2D eigenvalue weighted by Crippen LogP contribution is 2.14. The van der Waals surface area contributed by atoms with Crippen LogP contribution in [0.3, 0.4) is 0 Å². The number of carbonyl (C=O) groups is 2. The van der Waals surface area contributed by atoms with E-state index in [1.54, 1.807) is 0 Å². The Hall–Kier alpha value is -1.93. The number of carbonyl (C=O) groups excluding carboxylic acids is 2. The largest absolute Gasteiger partial charge is 0.467 e. The van der Waals surface area contributed by atoms with E-state index < -0.39 is 27.9 Å². The fourth-order valence-corrected chi connectivity index (χ4v) is 2.41. The van der Waals surface area contributed by atoms with Crippen LogP contribution < -0.4 is 5.32 Å². The first kappa shape index (κ1) is 17.1. The van der Waals surface area contributed by atoms with Gasteiger partial charge in [-0.05, 0) is 31.2 Å². The normalized spacial score (nSPS) is 12.8. The van der Waals surface area contributed by atoms with Crippen LogP contribution >= 0.6 is 0 Å². The molecule has 0 saturated carbocycles. The molecule has 1 aromatic carbocycles. The van der Waals surface area contributed by atoms with Crippen LogP contribution in [-0.4, -0.2) is 51.8 Å². The van der Waals surface area contributed by atoms with Crippen molar-refractivity contribution in [3.8, 4) is 0 Å². The number of rotatable bonds is 5. The van der Waals surface area contributed by atoms with E-state index in [1.165, 1.54) is 52.4 Å². The molecule has 1 rings (SSSR count). The molecule has 21 heavy (non-hydrogen) atoms. The summed E-state index contributed by atoms with van der Waals surface area (Å²) in [5.74, 6) is -1.04. The first-order valence-electron chi connectivity index (χ1n) is 6.11. The molecule has 1 N–H and O–H groups in total. The maximum absolute atomic E-state index is 11.9. The van der Waals surface area contributed by atoms with Crippen molar-refractivity contribution in [1.82, 2.24) is 9.62 Å². The van der Waals surface area contributed by atoms with Gasteiger partial charge in [-0.2, -0.15) is 0 Å². The quantitative estimate of drug-likeness (QED) is 0.785. The van der Waals surface area contributed by atoms with Gasteiger partial charge in [-0.25, -0.2) is 17.5 Å². The summed E-state index contributed by atoms with van der Waals surface area (Å²) in [6.45, 7) is 1.49. The van der Waals surface area contributed by atoms with Crippen molar-refractivity contribution < 1.29 is 22.7 Å². The second-order valence-corrected chi connectivity index (χ2v) is 6.68. The highest BCUT2D eigenvalue weighted by molar-refractivity contribution is 7.89. The number of amides is 1. The number of sulfonamides is 1. The van der Waals surface area contributed by atoms with Gasteiger partial charge in [0.2, 0.25) is 10.0 Å². The molecule has 0 aliphatic carbocycles. The Morgan fingerprint density at radius 3 is 2.14 bits per heavy atom. The highest BCUT2D eigenvalue weighted by Gasteiger charge is 2.19. The lowest BCUT2D eigenvalue weighted by Gasteiger charge is -2.13. The van der Waals surface area contributed by atoms with Crippen LogP contribution in [0.1, 0.15) is 17.3 Å². The third kappa shape index (κ3) is 4.02. The summed E-state index contributed by atoms with van der Waals surface area (Å²) >= 11 is 0. The summed E-state index contributed by atoms with van der Waals surface area (Å²) in [6.07, 6.45) is 0. The molecule has 8 heteroatoms. The Labute approximate surface area is 123 Å². The Kier molecular flexibility index (Phi) is 5.45. The molecule has 7 nitrogen and oxygen atoms in total. The van der Waals surface area contributed by atoms with Gasteiger partial charge in [0.05, 0.1) is 12.0 Å². The third-order valence-electron chi connectivity index (χ3n) is 2.80. The fourth-order valence-electron chi connectivity index (χ4n) is 1.50. The zero-order valence-corrected chi connectivity index (χ0v) is 13.1. The van der Waals surface area contributed by atoms with E-state index >= 15 is 0 Å². The average Bonchev–Trinajstić information content (AvgIpc) is 2.46. The lowest BCUT2D eigenvalue weighted by molar-refractivity contribution is -0.142. The number of hydrogen-bond acceptors (Lipinski definition) is 5. The van der Waals surface area contributed by atoms with Crippen LogP contribution in [0.5, 0.6) is 0 Å². The van der Waals surface area contributed by atoms with Gasteiger partial charge in [-0.1, -0.05) is 0 Å². The molecule has 0 saturated heterocycles. The summed E-state index contributed by atoms with van der Waals surface area (Å²) in [5.41, 5.74) is 0.253. The number of benzene rings is 1. The van der Waals surface area contributed by atoms with E-state index in [0.717, 1.165) is 4.31 Å². The van der Waals surface area contributed by atoms with E-state index in [4.69, 9.17) is 0 Å². The van der Waals surface area contributed by atoms with Gasteiger partial charge in [0.15, 0.2) is 0 Å². The molecule has 0 bridgehead atoms. The molecular weight excluding hydrogens is 296 g/mol. The van der Waals surface area contributed by atoms with Crippen LogP contribution in [0.25, 0.3) is 0 Å². The number of ether oxygens (including phenoxy) is 1. The van der Waals surface area contributed by atoms with E-state index in [2.05, 4.69) is 10.1 Å². The molecular formula is C13H18N2O5S. The van der Waals surface area contributed by atoms with Gasteiger partial charge in [-0.3, -0.25) is 4.79 Å². The number of nitrogens with one attached hydrogen (secondary N) is 1. The van der Waals surface area contributed by atoms with E-state index in [0.29, 0.717) is 0 Å². The molecule has 0 radical (unpaired) electrons. The molecule has 1 unspecified atom stereocenters. The SMILES string of the molecule is COC(=O)C(C)NC(=O)c1ccc(S(=O)(=O)N(C)C)cc1. The zero-order chi connectivity index (χ0) is 16.2. The molecule has 1 atom stereocenters. The molecule has 0 heterocycles. The minimum atomic E-state index is -3.53. The lowest BCUT2D eigenvalue weighted by atomic mass is 10.2. The summed E-state index contributed by atoms with van der Waals surface area (Å²) in [4.78, 5) is 23.2. The van der Waals surface area contributed by atoms with Crippen molar-refractivity contribution in [2.75, 3.05) is 21.2 Å². The molecule has 0 aliphatic heterocycles. The van der Waals surface area contributed by atoms with E-state index in [9.17, 15) is 18.0 Å². The summed E-state index contributed by atoms with van der Waals surface area (Å²) in [6, 6.07) is 4.67. The van der Waals surface area contributed by atoms with Crippen LogP contribution in [0, 0.1) is 0 Å². The van der Waals surface area contributed by atoms with E-state index in [-0.39, 0.29) is 10.5 Å². The van der Waals surface area contributed by atoms with Crippen LogP contribution in [0.15, 0.2) is 29.2 Å². The second-order valence-electron chi connectivity index (χ2n) is 4.53. The summed E-state index contributed by atoms with van der Waals surface area (Å²) < 4.78 is 29.4. The monoisotopic (exact) mass is 314 g/mol. The Morgan fingerprint density at radius 2 is 1.71 bits per heavy atom. The lowest BCUT2D eigenvalue weighted by Crippen LogP contribution is -2.39. The minimum Gasteiger partial charge on any atom is -0.467 e. The first-order valence-corrected chi connectivity index (χ1v) is 7.55. The van der Waals surface area contributed by atoms with Crippen molar-refractivity contribution in [1.29, 1.82) is 0 Å². The second kappa shape index (κ2) is 6.68. The topological polar surface area (TPSA) is 92.8 Å². The van der Waals surface area contributed by atoms with Gasteiger partial charge in [0.25, 0.3) is 5.91 Å². The van der Waals surface area contributed by atoms with E-state index in [1.807, 2.05) is 0 Å². The first-order chi connectivity index (χ1) is 9.70. The smallest absolute Gasteiger partial charge is 0.328 e. The zero-order valence-electron chi connectivity index (χ0n) is 12.3. The number of esters is 1. The van der Waals surface area contributed by atoms with Gasteiger partial charge >= 0.3 is 5.97 Å². The van der Waals surface area contributed by atoms with Crippen molar-refractivity contribution in [2.24, 2.45) is 0 Å². The third-order valence-corrected chi connectivity index (χ3v) is 4.63. The number of methoxy groups -OCH3 is 1. The van der Waals surface area contributed by atoms with Gasteiger partial charge in [-0.15, -0.1) is 0 Å². The maximum Gasteiger partial charge on any atom is 0.328 e. The Morgan fingerprint density at radius 1 is 1.19 bits per heavy atom. The molecule has 1 amide bonds. The Balaban J connectivity index is 2.88. The van der Waals surface area contributed by atoms with Gasteiger partial charge in [0, 0.05) is 19.7 Å². The molecule has 0 fully saturated rings. The molecule has 116 valence electrons. The summed E-state index contributed by atoms with van der Waals surface area (Å²) in [7, 11) is 0.545. The fraction of sp³-hybridized carbons (Fsp3) is 0.385. The van der Waals surface area contributed by atoms with Crippen molar-refractivity contribution in [3.05, 3.63) is 29.8 Å².